The number of hydrogen-bond acceptors (Lipinski definition) is 5. The van der Waals surface area contributed by atoms with Crippen molar-refractivity contribution in [3.8, 4) is 0 Å². The van der Waals surface area contributed by atoms with E-state index in [9.17, 15) is 4.79 Å². The third-order valence-electron chi connectivity index (χ3n) is 2.70. The highest BCUT2D eigenvalue weighted by atomic mass is 32.1. The summed E-state index contributed by atoms with van der Waals surface area (Å²) in [5, 5.41) is 13.4. The smallest absolute Gasteiger partial charge is 0.279 e. The van der Waals surface area contributed by atoms with Gasteiger partial charge in [0.1, 0.15) is 0 Å². The Labute approximate surface area is 112 Å². The molecule has 1 aromatic carbocycles. The van der Waals surface area contributed by atoms with Gasteiger partial charge in [-0.2, -0.15) is 15.4 Å². The van der Waals surface area contributed by atoms with Crippen LogP contribution in [0.25, 0.3) is 10.2 Å². The first-order chi connectivity index (χ1) is 9.13. The molecule has 0 aliphatic rings. The van der Waals surface area contributed by atoms with Crippen LogP contribution in [0.15, 0.2) is 18.2 Å². The highest BCUT2D eigenvalue weighted by Gasteiger charge is 2.15. The van der Waals surface area contributed by atoms with Crippen molar-refractivity contribution in [2.45, 2.75) is 13.8 Å². The molecule has 0 atom stereocenters. The summed E-state index contributed by atoms with van der Waals surface area (Å²) in [7, 11) is 0. The summed E-state index contributed by atoms with van der Waals surface area (Å²) in [5.41, 5.74) is 2.90. The normalized spacial score (nSPS) is 10.8. The van der Waals surface area contributed by atoms with Crippen molar-refractivity contribution in [2.75, 3.05) is 5.32 Å². The number of aryl methyl sites for hydroxylation is 2. The van der Waals surface area contributed by atoms with Crippen molar-refractivity contribution in [2.24, 2.45) is 0 Å². The number of aromatic amines is 1. The molecule has 1 amide bonds. The standard InChI is InChI=1S/C12H11N5OS/c1-6-3-4-8-9(5-6)19-12(13-8)14-11(18)10-7(2)15-17-16-10/h3-5H,1-2H3,(H,13,14,18)(H,15,16,17). The fourth-order valence-corrected chi connectivity index (χ4v) is 2.70. The van der Waals surface area contributed by atoms with Crippen LogP contribution in [-0.4, -0.2) is 26.3 Å². The molecule has 0 bridgehead atoms. The van der Waals surface area contributed by atoms with Crippen LogP contribution in [0.4, 0.5) is 5.13 Å². The molecule has 0 aliphatic carbocycles. The van der Waals surface area contributed by atoms with Crippen molar-refractivity contribution >= 4 is 32.6 Å². The van der Waals surface area contributed by atoms with Gasteiger partial charge in [-0.25, -0.2) is 4.98 Å². The van der Waals surface area contributed by atoms with Crippen LogP contribution < -0.4 is 5.32 Å². The quantitative estimate of drug-likeness (QED) is 0.750. The van der Waals surface area contributed by atoms with Gasteiger partial charge in [0, 0.05) is 0 Å². The fraction of sp³-hybridized carbons (Fsp3) is 0.167. The van der Waals surface area contributed by atoms with Crippen molar-refractivity contribution < 1.29 is 4.79 Å². The van der Waals surface area contributed by atoms with Gasteiger partial charge in [0.25, 0.3) is 5.91 Å². The Balaban J connectivity index is 1.89. The van der Waals surface area contributed by atoms with Crippen LogP contribution in [0.5, 0.6) is 0 Å². The van der Waals surface area contributed by atoms with Gasteiger partial charge >= 0.3 is 0 Å². The lowest BCUT2D eigenvalue weighted by molar-refractivity contribution is 0.102. The molecule has 0 saturated carbocycles. The lowest BCUT2D eigenvalue weighted by atomic mass is 10.2. The number of hydrogen-bond donors (Lipinski definition) is 2. The number of H-pyrrole nitrogens is 1. The van der Waals surface area contributed by atoms with Gasteiger partial charge in [0.05, 0.1) is 15.9 Å². The summed E-state index contributed by atoms with van der Waals surface area (Å²) in [6.45, 7) is 3.75. The molecular formula is C12H11N5OS. The fourth-order valence-electron chi connectivity index (χ4n) is 1.74. The molecule has 6 nitrogen and oxygen atoms in total. The Hall–Kier alpha value is -2.28. The molecule has 7 heteroatoms. The van der Waals surface area contributed by atoms with Gasteiger partial charge in [-0.15, -0.1) is 0 Å². The second kappa shape index (κ2) is 4.43. The topological polar surface area (TPSA) is 83.6 Å². The predicted molar refractivity (Wildman–Crippen MR) is 73.4 cm³/mol. The monoisotopic (exact) mass is 273 g/mol. The zero-order valence-electron chi connectivity index (χ0n) is 10.4. The maximum Gasteiger partial charge on any atom is 0.279 e. The second-order valence-electron chi connectivity index (χ2n) is 4.20. The van der Waals surface area contributed by atoms with E-state index < -0.39 is 0 Å². The van der Waals surface area contributed by atoms with E-state index in [1.807, 2.05) is 25.1 Å². The highest BCUT2D eigenvalue weighted by Crippen LogP contribution is 2.26. The molecule has 0 aliphatic heterocycles. The van der Waals surface area contributed by atoms with E-state index in [2.05, 4.69) is 25.7 Å². The van der Waals surface area contributed by atoms with E-state index in [0.29, 0.717) is 10.8 Å². The molecule has 2 aromatic heterocycles. The average Bonchev–Trinajstić information content (AvgIpc) is 2.94. The summed E-state index contributed by atoms with van der Waals surface area (Å²) in [6.07, 6.45) is 0. The lowest BCUT2D eigenvalue weighted by Crippen LogP contribution is -2.13. The Morgan fingerprint density at radius 1 is 1.32 bits per heavy atom. The van der Waals surface area contributed by atoms with Gasteiger partial charge < -0.3 is 0 Å². The average molecular weight is 273 g/mol. The number of aromatic nitrogens is 4. The molecule has 3 rings (SSSR count). The van der Waals surface area contributed by atoms with E-state index in [-0.39, 0.29) is 11.6 Å². The number of thiazole rings is 1. The summed E-state index contributed by atoms with van der Waals surface area (Å²) in [6, 6.07) is 5.98. The predicted octanol–water partition coefficient (Wildman–Crippen LogP) is 2.28. The molecule has 2 heterocycles. The maximum absolute atomic E-state index is 12.0. The van der Waals surface area contributed by atoms with Gasteiger partial charge in [-0.1, -0.05) is 17.4 Å². The van der Waals surface area contributed by atoms with Crippen molar-refractivity contribution in [1.29, 1.82) is 0 Å². The summed E-state index contributed by atoms with van der Waals surface area (Å²) in [4.78, 5) is 16.3. The molecular weight excluding hydrogens is 262 g/mol. The van der Waals surface area contributed by atoms with Gasteiger partial charge in [-0.05, 0) is 31.5 Å². The zero-order chi connectivity index (χ0) is 13.4. The Morgan fingerprint density at radius 2 is 2.16 bits per heavy atom. The van der Waals surface area contributed by atoms with E-state index >= 15 is 0 Å². The molecule has 19 heavy (non-hydrogen) atoms. The molecule has 0 spiro atoms. The first-order valence-corrected chi connectivity index (χ1v) is 6.51. The number of benzene rings is 1. The number of nitrogens with zero attached hydrogens (tertiary/aromatic N) is 3. The van der Waals surface area contributed by atoms with E-state index in [1.54, 1.807) is 6.92 Å². The summed E-state index contributed by atoms with van der Waals surface area (Å²) in [5.74, 6) is -0.304. The van der Waals surface area contributed by atoms with Gasteiger partial charge in [-0.3, -0.25) is 10.1 Å². The largest absolute Gasteiger partial charge is 0.296 e. The van der Waals surface area contributed by atoms with E-state index in [4.69, 9.17) is 0 Å². The van der Waals surface area contributed by atoms with E-state index in [0.717, 1.165) is 10.2 Å². The summed E-state index contributed by atoms with van der Waals surface area (Å²) < 4.78 is 1.05. The number of fused-ring (bicyclic) bond motifs is 1. The maximum atomic E-state index is 12.0. The molecule has 0 saturated heterocycles. The second-order valence-corrected chi connectivity index (χ2v) is 5.23. The Morgan fingerprint density at radius 3 is 2.89 bits per heavy atom. The van der Waals surface area contributed by atoms with Crippen LogP contribution in [-0.2, 0) is 0 Å². The van der Waals surface area contributed by atoms with Crippen LogP contribution in [0.3, 0.4) is 0 Å². The minimum absolute atomic E-state index is 0.287. The van der Waals surface area contributed by atoms with E-state index in [1.165, 1.54) is 16.9 Å². The minimum atomic E-state index is -0.304. The Kier molecular flexibility index (Phi) is 2.75. The highest BCUT2D eigenvalue weighted by molar-refractivity contribution is 7.22. The van der Waals surface area contributed by atoms with Crippen LogP contribution in [0.2, 0.25) is 0 Å². The number of nitrogens with one attached hydrogen (secondary N) is 2. The number of rotatable bonds is 2. The molecule has 0 fully saturated rings. The third-order valence-corrected chi connectivity index (χ3v) is 3.64. The third kappa shape index (κ3) is 2.19. The van der Waals surface area contributed by atoms with Crippen molar-refractivity contribution in [3.05, 3.63) is 35.2 Å². The number of anilines is 1. The van der Waals surface area contributed by atoms with Gasteiger partial charge in [0.15, 0.2) is 10.8 Å². The van der Waals surface area contributed by atoms with Crippen LogP contribution >= 0.6 is 11.3 Å². The molecule has 0 unspecified atom stereocenters. The van der Waals surface area contributed by atoms with Crippen LogP contribution in [0, 0.1) is 13.8 Å². The molecule has 96 valence electrons. The van der Waals surface area contributed by atoms with Crippen molar-refractivity contribution in [3.63, 3.8) is 0 Å². The Bertz CT molecular complexity index is 760. The zero-order valence-corrected chi connectivity index (χ0v) is 11.2. The lowest BCUT2D eigenvalue weighted by Gasteiger charge is -1.97. The number of amides is 1. The van der Waals surface area contributed by atoms with Gasteiger partial charge in [0.2, 0.25) is 0 Å². The summed E-state index contributed by atoms with van der Waals surface area (Å²) >= 11 is 1.44. The first-order valence-electron chi connectivity index (χ1n) is 5.69. The molecule has 2 N–H and O–H groups in total. The first kappa shape index (κ1) is 11.8. The number of carbonyl (C=O) groups is 1. The molecule has 3 aromatic rings. The SMILES string of the molecule is Cc1ccc2nc(NC(=O)c3n[nH]nc3C)sc2c1. The number of carbonyl (C=O) groups excluding carboxylic acids is 1. The van der Waals surface area contributed by atoms with Crippen LogP contribution in [0.1, 0.15) is 21.7 Å². The molecule has 0 radical (unpaired) electrons. The minimum Gasteiger partial charge on any atom is -0.296 e. The van der Waals surface area contributed by atoms with Crippen molar-refractivity contribution in [1.82, 2.24) is 20.4 Å².